The normalized spacial score (nSPS) is 22.4. The van der Waals surface area contributed by atoms with E-state index in [1.54, 1.807) is 7.05 Å². The van der Waals surface area contributed by atoms with Crippen molar-refractivity contribution < 1.29 is 13.6 Å². The van der Waals surface area contributed by atoms with Gasteiger partial charge in [0, 0.05) is 19.6 Å². The molecule has 1 aliphatic carbocycles. The van der Waals surface area contributed by atoms with E-state index in [0.717, 1.165) is 25.0 Å². The van der Waals surface area contributed by atoms with Crippen LogP contribution in [0.2, 0.25) is 0 Å². The number of hydrogen-bond acceptors (Lipinski definition) is 2. The topological polar surface area (TPSA) is 46.3 Å². The van der Waals surface area contributed by atoms with E-state index >= 15 is 0 Å². The fourth-order valence-corrected chi connectivity index (χ4v) is 2.30. The average molecular weight is 254 g/mol. The number of rotatable bonds is 3. The molecule has 2 rings (SSSR count). The SMILES string of the molecule is CN(CC1CC(N)C1)C(=O)c1c(F)cccc1F. The molecule has 0 aliphatic heterocycles. The lowest BCUT2D eigenvalue weighted by Gasteiger charge is -2.35. The second kappa shape index (κ2) is 5.02. The summed E-state index contributed by atoms with van der Waals surface area (Å²) in [6.07, 6.45) is 1.72. The molecule has 1 aromatic rings. The minimum Gasteiger partial charge on any atom is -0.341 e. The molecule has 0 bridgehead atoms. The summed E-state index contributed by atoms with van der Waals surface area (Å²) in [5, 5.41) is 0. The molecule has 1 saturated carbocycles. The van der Waals surface area contributed by atoms with Crippen LogP contribution in [-0.2, 0) is 0 Å². The van der Waals surface area contributed by atoms with Crippen LogP contribution < -0.4 is 5.73 Å². The average Bonchev–Trinajstić information content (AvgIpc) is 2.26. The molecule has 1 aliphatic rings. The Balaban J connectivity index is 2.06. The van der Waals surface area contributed by atoms with E-state index < -0.39 is 23.1 Å². The molecule has 0 heterocycles. The van der Waals surface area contributed by atoms with Crippen LogP contribution in [0.3, 0.4) is 0 Å². The van der Waals surface area contributed by atoms with Crippen molar-refractivity contribution in [3.05, 3.63) is 35.4 Å². The van der Waals surface area contributed by atoms with Crippen molar-refractivity contribution in [2.24, 2.45) is 11.7 Å². The Kier molecular flexibility index (Phi) is 3.61. The van der Waals surface area contributed by atoms with Gasteiger partial charge in [0.2, 0.25) is 0 Å². The summed E-state index contributed by atoms with van der Waals surface area (Å²) in [4.78, 5) is 13.3. The van der Waals surface area contributed by atoms with Gasteiger partial charge in [0.1, 0.15) is 17.2 Å². The first-order chi connectivity index (χ1) is 8.49. The highest BCUT2D eigenvalue weighted by atomic mass is 19.1. The molecule has 3 nitrogen and oxygen atoms in total. The summed E-state index contributed by atoms with van der Waals surface area (Å²) in [6, 6.07) is 3.61. The van der Waals surface area contributed by atoms with Crippen LogP contribution in [-0.4, -0.2) is 30.4 Å². The molecule has 1 fully saturated rings. The first-order valence-corrected chi connectivity index (χ1v) is 5.94. The Hall–Kier alpha value is -1.49. The van der Waals surface area contributed by atoms with E-state index in [1.165, 1.54) is 11.0 Å². The van der Waals surface area contributed by atoms with E-state index in [0.29, 0.717) is 12.5 Å². The maximum Gasteiger partial charge on any atom is 0.259 e. The molecular formula is C13H16F2N2O. The van der Waals surface area contributed by atoms with Gasteiger partial charge in [-0.15, -0.1) is 0 Å². The number of nitrogens with zero attached hydrogens (tertiary/aromatic N) is 1. The standard InChI is InChI=1S/C13H16F2N2O/c1-17(7-8-5-9(16)6-8)13(18)12-10(14)3-2-4-11(12)15/h2-4,8-9H,5-7,16H2,1H3. The van der Waals surface area contributed by atoms with Crippen LogP contribution in [0.1, 0.15) is 23.2 Å². The molecule has 0 atom stereocenters. The lowest BCUT2D eigenvalue weighted by atomic mass is 9.80. The Morgan fingerprint density at radius 2 is 1.94 bits per heavy atom. The molecule has 0 unspecified atom stereocenters. The predicted molar refractivity (Wildman–Crippen MR) is 64.0 cm³/mol. The van der Waals surface area contributed by atoms with Crippen molar-refractivity contribution in [1.29, 1.82) is 0 Å². The smallest absolute Gasteiger partial charge is 0.259 e. The van der Waals surface area contributed by atoms with Gasteiger partial charge in [-0.2, -0.15) is 0 Å². The summed E-state index contributed by atoms with van der Waals surface area (Å²) in [5.41, 5.74) is 5.17. The number of amides is 1. The first kappa shape index (κ1) is 13.0. The molecule has 0 saturated heterocycles. The second-order valence-corrected chi connectivity index (χ2v) is 4.88. The molecule has 1 amide bonds. The molecule has 98 valence electrons. The van der Waals surface area contributed by atoms with Gasteiger partial charge in [-0.3, -0.25) is 4.79 Å². The number of halogens is 2. The van der Waals surface area contributed by atoms with Crippen molar-refractivity contribution in [1.82, 2.24) is 4.90 Å². The Morgan fingerprint density at radius 1 is 1.39 bits per heavy atom. The predicted octanol–water partition coefficient (Wildman–Crippen LogP) is 1.77. The molecule has 18 heavy (non-hydrogen) atoms. The van der Waals surface area contributed by atoms with Crippen LogP contribution in [0.15, 0.2) is 18.2 Å². The molecular weight excluding hydrogens is 238 g/mol. The third kappa shape index (κ3) is 2.51. The van der Waals surface area contributed by atoms with Crippen molar-refractivity contribution in [2.75, 3.05) is 13.6 Å². The fraction of sp³-hybridized carbons (Fsp3) is 0.462. The van der Waals surface area contributed by atoms with Crippen LogP contribution >= 0.6 is 0 Å². The van der Waals surface area contributed by atoms with Gasteiger partial charge in [0.25, 0.3) is 5.91 Å². The summed E-state index contributed by atoms with van der Waals surface area (Å²) >= 11 is 0. The summed E-state index contributed by atoms with van der Waals surface area (Å²) in [5.74, 6) is -1.93. The van der Waals surface area contributed by atoms with Crippen molar-refractivity contribution in [3.8, 4) is 0 Å². The molecule has 0 aromatic heterocycles. The van der Waals surface area contributed by atoms with Gasteiger partial charge in [0.15, 0.2) is 0 Å². The maximum absolute atomic E-state index is 13.4. The number of carbonyl (C=O) groups is 1. The third-order valence-electron chi connectivity index (χ3n) is 3.33. The minimum atomic E-state index is -0.822. The number of nitrogens with two attached hydrogens (primary N) is 1. The summed E-state index contributed by atoms with van der Waals surface area (Å²) in [6.45, 7) is 0.486. The molecule has 1 aromatic carbocycles. The van der Waals surface area contributed by atoms with Gasteiger partial charge >= 0.3 is 0 Å². The third-order valence-corrected chi connectivity index (χ3v) is 3.33. The van der Waals surface area contributed by atoms with Gasteiger partial charge in [-0.25, -0.2) is 8.78 Å². The quantitative estimate of drug-likeness (QED) is 0.893. The fourth-order valence-electron chi connectivity index (χ4n) is 2.30. The van der Waals surface area contributed by atoms with Gasteiger partial charge in [0.05, 0.1) is 0 Å². The largest absolute Gasteiger partial charge is 0.341 e. The van der Waals surface area contributed by atoms with Gasteiger partial charge in [-0.05, 0) is 30.9 Å². The lowest BCUT2D eigenvalue weighted by molar-refractivity contribution is 0.0724. The highest BCUT2D eigenvalue weighted by molar-refractivity contribution is 5.94. The minimum absolute atomic E-state index is 0.198. The number of carbonyl (C=O) groups excluding carboxylic acids is 1. The van der Waals surface area contributed by atoms with E-state index in [2.05, 4.69) is 0 Å². The zero-order valence-corrected chi connectivity index (χ0v) is 10.2. The number of benzene rings is 1. The lowest BCUT2D eigenvalue weighted by Crippen LogP contribution is -2.43. The van der Waals surface area contributed by atoms with E-state index in [1.807, 2.05) is 0 Å². The molecule has 2 N–H and O–H groups in total. The summed E-state index contributed by atoms with van der Waals surface area (Å²) in [7, 11) is 1.55. The van der Waals surface area contributed by atoms with Crippen molar-refractivity contribution in [3.63, 3.8) is 0 Å². The van der Waals surface area contributed by atoms with E-state index in [-0.39, 0.29) is 6.04 Å². The van der Waals surface area contributed by atoms with Crippen molar-refractivity contribution in [2.45, 2.75) is 18.9 Å². The Labute approximate surface area is 105 Å². The van der Waals surface area contributed by atoms with E-state index in [4.69, 9.17) is 5.73 Å². The molecule has 0 radical (unpaired) electrons. The molecule has 5 heteroatoms. The maximum atomic E-state index is 13.4. The zero-order chi connectivity index (χ0) is 13.3. The molecule has 0 spiro atoms. The van der Waals surface area contributed by atoms with Gasteiger partial charge in [-0.1, -0.05) is 6.07 Å². The Bertz CT molecular complexity index is 438. The van der Waals surface area contributed by atoms with Crippen LogP contribution in [0.5, 0.6) is 0 Å². The summed E-state index contributed by atoms with van der Waals surface area (Å²) < 4.78 is 26.9. The monoisotopic (exact) mass is 254 g/mol. The first-order valence-electron chi connectivity index (χ1n) is 5.94. The van der Waals surface area contributed by atoms with Crippen LogP contribution in [0.25, 0.3) is 0 Å². The highest BCUT2D eigenvalue weighted by Crippen LogP contribution is 2.26. The van der Waals surface area contributed by atoms with Crippen molar-refractivity contribution >= 4 is 5.91 Å². The zero-order valence-electron chi connectivity index (χ0n) is 10.2. The highest BCUT2D eigenvalue weighted by Gasteiger charge is 2.29. The Morgan fingerprint density at radius 3 is 2.44 bits per heavy atom. The van der Waals surface area contributed by atoms with Gasteiger partial charge < -0.3 is 10.6 Å². The second-order valence-electron chi connectivity index (χ2n) is 4.88. The van der Waals surface area contributed by atoms with Crippen LogP contribution in [0, 0.1) is 17.6 Å². The number of hydrogen-bond donors (Lipinski definition) is 1. The van der Waals surface area contributed by atoms with E-state index in [9.17, 15) is 13.6 Å². The van der Waals surface area contributed by atoms with Crippen LogP contribution in [0.4, 0.5) is 8.78 Å².